The lowest BCUT2D eigenvalue weighted by atomic mass is 10.0. The van der Waals surface area contributed by atoms with Crippen molar-refractivity contribution in [3.63, 3.8) is 0 Å². The maximum absolute atomic E-state index is 10.3. The quantitative estimate of drug-likeness (QED) is 0.892. The third-order valence-corrected chi connectivity index (χ3v) is 4.75. The van der Waals surface area contributed by atoms with Crippen LogP contribution in [0.2, 0.25) is 10.0 Å². The highest BCUT2D eigenvalue weighted by Gasteiger charge is 2.17. The standard InChI is InChI=1S/C13H13BrCl2N2O/c1-7-13(14)11(18(2)17-7)6-12(19)8-3-4-9(15)10(16)5-8/h3-5,12,19H,6H2,1-2H3. The minimum absolute atomic E-state index is 0.443. The fourth-order valence-corrected chi connectivity index (χ4v) is 2.73. The van der Waals surface area contributed by atoms with Crippen LogP contribution >= 0.6 is 39.1 Å². The van der Waals surface area contributed by atoms with E-state index in [1.165, 1.54) is 0 Å². The summed E-state index contributed by atoms with van der Waals surface area (Å²) in [4.78, 5) is 0. The minimum Gasteiger partial charge on any atom is -0.388 e. The molecule has 6 heteroatoms. The summed E-state index contributed by atoms with van der Waals surface area (Å²) in [6, 6.07) is 5.15. The smallest absolute Gasteiger partial charge is 0.0846 e. The van der Waals surface area contributed by atoms with Crippen molar-refractivity contribution < 1.29 is 5.11 Å². The summed E-state index contributed by atoms with van der Waals surface area (Å²) in [7, 11) is 1.86. The fourth-order valence-electron chi connectivity index (χ4n) is 1.92. The van der Waals surface area contributed by atoms with E-state index in [0.29, 0.717) is 16.5 Å². The molecule has 0 saturated heterocycles. The molecule has 0 aliphatic heterocycles. The Kier molecular flexibility index (Phi) is 4.56. The molecular weight excluding hydrogens is 351 g/mol. The maximum Gasteiger partial charge on any atom is 0.0846 e. The monoisotopic (exact) mass is 362 g/mol. The zero-order valence-electron chi connectivity index (χ0n) is 10.5. The van der Waals surface area contributed by atoms with Gasteiger partial charge in [-0.25, -0.2) is 0 Å². The zero-order chi connectivity index (χ0) is 14.2. The lowest BCUT2D eigenvalue weighted by molar-refractivity contribution is 0.175. The summed E-state index contributed by atoms with van der Waals surface area (Å²) in [5.41, 5.74) is 2.58. The van der Waals surface area contributed by atoms with Gasteiger partial charge >= 0.3 is 0 Å². The van der Waals surface area contributed by atoms with Crippen LogP contribution in [0, 0.1) is 6.92 Å². The van der Waals surface area contributed by atoms with Crippen molar-refractivity contribution in [1.29, 1.82) is 0 Å². The maximum atomic E-state index is 10.3. The Hall–Kier alpha value is -0.550. The third-order valence-electron chi connectivity index (χ3n) is 2.98. The molecule has 0 fully saturated rings. The van der Waals surface area contributed by atoms with E-state index in [2.05, 4.69) is 21.0 Å². The second-order valence-electron chi connectivity index (χ2n) is 4.36. The van der Waals surface area contributed by atoms with Crippen molar-refractivity contribution in [2.75, 3.05) is 0 Å². The molecule has 0 spiro atoms. The van der Waals surface area contributed by atoms with Crippen LogP contribution in [-0.2, 0) is 13.5 Å². The van der Waals surface area contributed by atoms with Crippen LogP contribution in [0.3, 0.4) is 0 Å². The normalized spacial score (nSPS) is 12.7. The first-order valence-electron chi connectivity index (χ1n) is 5.71. The minimum atomic E-state index is -0.652. The summed E-state index contributed by atoms with van der Waals surface area (Å²) in [5, 5.41) is 15.5. The van der Waals surface area contributed by atoms with E-state index >= 15 is 0 Å². The molecular formula is C13H13BrCl2N2O. The Bertz CT molecular complexity index is 613. The second-order valence-corrected chi connectivity index (χ2v) is 5.97. The van der Waals surface area contributed by atoms with Crippen LogP contribution in [0.5, 0.6) is 0 Å². The van der Waals surface area contributed by atoms with E-state index in [9.17, 15) is 5.11 Å². The van der Waals surface area contributed by atoms with Crippen LogP contribution in [0.25, 0.3) is 0 Å². The zero-order valence-corrected chi connectivity index (χ0v) is 13.6. The molecule has 102 valence electrons. The van der Waals surface area contributed by atoms with E-state index in [0.717, 1.165) is 21.4 Å². The molecule has 1 N–H and O–H groups in total. The van der Waals surface area contributed by atoms with Crippen molar-refractivity contribution >= 4 is 39.1 Å². The predicted octanol–water partition coefficient (Wildman–Crippen LogP) is 4.07. The van der Waals surface area contributed by atoms with Gasteiger partial charge in [0.1, 0.15) is 0 Å². The van der Waals surface area contributed by atoms with Gasteiger partial charge in [-0.3, -0.25) is 4.68 Å². The Morgan fingerprint density at radius 1 is 1.37 bits per heavy atom. The van der Waals surface area contributed by atoms with Crippen LogP contribution in [-0.4, -0.2) is 14.9 Å². The number of hydrogen-bond acceptors (Lipinski definition) is 2. The summed E-state index contributed by atoms with van der Waals surface area (Å²) < 4.78 is 2.69. The molecule has 0 bridgehead atoms. The molecule has 1 heterocycles. The van der Waals surface area contributed by atoms with Gasteiger partial charge in [-0.15, -0.1) is 0 Å². The van der Waals surface area contributed by atoms with E-state index in [1.807, 2.05) is 14.0 Å². The molecule has 0 saturated carbocycles. The van der Waals surface area contributed by atoms with Gasteiger partial charge in [0, 0.05) is 13.5 Å². The van der Waals surface area contributed by atoms with E-state index < -0.39 is 6.10 Å². The van der Waals surface area contributed by atoms with Crippen LogP contribution in [0.15, 0.2) is 22.7 Å². The van der Waals surface area contributed by atoms with Gasteiger partial charge in [-0.05, 0) is 40.5 Å². The Labute approximate surface area is 130 Å². The van der Waals surface area contributed by atoms with Crippen molar-refractivity contribution in [3.05, 3.63) is 49.7 Å². The predicted molar refractivity (Wildman–Crippen MR) is 80.8 cm³/mol. The average Bonchev–Trinajstić information content (AvgIpc) is 2.59. The summed E-state index contributed by atoms with van der Waals surface area (Å²) in [6.45, 7) is 1.92. The molecule has 2 rings (SSSR count). The topological polar surface area (TPSA) is 38.0 Å². The molecule has 0 amide bonds. The molecule has 1 atom stereocenters. The van der Waals surface area contributed by atoms with Gasteiger partial charge in [-0.2, -0.15) is 5.10 Å². The first kappa shape index (κ1) is 14.9. The molecule has 0 aliphatic carbocycles. The van der Waals surface area contributed by atoms with E-state index in [4.69, 9.17) is 23.2 Å². The average molecular weight is 364 g/mol. The van der Waals surface area contributed by atoms with Gasteiger partial charge < -0.3 is 5.11 Å². The van der Waals surface area contributed by atoms with Crippen LogP contribution in [0.4, 0.5) is 0 Å². The summed E-state index contributed by atoms with van der Waals surface area (Å²) >= 11 is 15.3. The number of benzene rings is 1. The highest BCUT2D eigenvalue weighted by atomic mass is 79.9. The van der Waals surface area contributed by atoms with E-state index in [-0.39, 0.29) is 0 Å². The fraction of sp³-hybridized carbons (Fsp3) is 0.308. The SMILES string of the molecule is Cc1nn(C)c(CC(O)c2ccc(Cl)c(Cl)c2)c1Br. The van der Waals surface area contributed by atoms with Crippen molar-refractivity contribution in [3.8, 4) is 0 Å². The molecule has 19 heavy (non-hydrogen) atoms. The van der Waals surface area contributed by atoms with Crippen molar-refractivity contribution in [1.82, 2.24) is 9.78 Å². The second kappa shape index (κ2) is 5.83. The molecule has 3 nitrogen and oxygen atoms in total. The van der Waals surface area contributed by atoms with Gasteiger partial charge in [0.15, 0.2) is 0 Å². The first-order valence-corrected chi connectivity index (χ1v) is 7.26. The third kappa shape index (κ3) is 3.14. The van der Waals surface area contributed by atoms with Crippen LogP contribution < -0.4 is 0 Å². The number of aliphatic hydroxyl groups excluding tert-OH is 1. The van der Waals surface area contributed by atoms with Gasteiger partial charge in [-0.1, -0.05) is 29.3 Å². The largest absolute Gasteiger partial charge is 0.388 e. The lowest BCUT2D eigenvalue weighted by Gasteiger charge is -2.12. The first-order chi connectivity index (χ1) is 8.90. The van der Waals surface area contributed by atoms with Gasteiger partial charge in [0.25, 0.3) is 0 Å². The molecule has 1 aromatic carbocycles. The molecule has 0 radical (unpaired) electrons. The number of hydrogen-bond donors (Lipinski definition) is 1. The number of aromatic nitrogens is 2. The molecule has 2 aromatic rings. The number of halogens is 3. The van der Waals surface area contributed by atoms with Gasteiger partial charge in [0.2, 0.25) is 0 Å². The number of rotatable bonds is 3. The highest BCUT2D eigenvalue weighted by molar-refractivity contribution is 9.10. The summed E-state index contributed by atoms with van der Waals surface area (Å²) in [6.07, 6.45) is -0.198. The summed E-state index contributed by atoms with van der Waals surface area (Å²) in [5.74, 6) is 0. The number of aliphatic hydroxyl groups is 1. The van der Waals surface area contributed by atoms with Crippen LogP contribution in [0.1, 0.15) is 23.1 Å². The number of aryl methyl sites for hydroxylation is 2. The van der Waals surface area contributed by atoms with Gasteiger partial charge in [0.05, 0.1) is 32.0 Å². The molecule has 1 unspecified atom stereocenters. The Balaban J connectivity index is 2.25. The lowest BCUT2D eigenvalue weighted by Crippen LogP contribution is -2.07. The Morgan fingerprint density at radius 2 is 2.05 bits per heavy atom. The van der Waals surface area contributed by atoms with E-state index in [1.54, 1.807) is 22.9 Å². The Morgan fingerprint density at radius 3 is 2.58 bits per heavy atom. The number of nitrogens with zero attached hydrogens (tertiary/aromatic N) is 2. The molecule has 1 aromatic heterocycles. The highest BCUT2D eigenvalue weighted by Crippen LogP contribution is 2.29. The van der Waals surface area contributed by atoms with Crippen molar-refractivity contribution in [2.45, 2.75) is 19.4 Å². The molecule has 0 aliphatic rings. The van der Waals surface area contributed by atoms with Crippen molar-refractivity contribution in [2.24, 2.45) is 7.05 Å².